The molecule has 0 spiro atoms. The minimum atomic E-state index is -0.886. The minimum absolute atomic E-state index is 0.00960. The Morgan fingerprint density at radius 2 is 1.96 bits per heavy atom. The maximum atomic E-state index is 11.2. The zero-order valence-electron chi connectivity index (χ0n) is 12.7. The molecule has 8 heteroatoms. The van der Waals surface area contributed by atoms with Crippen molar-refractivity contribution in [1.29, 1.82) is 0 Å². The minimum Gasteiger partial charge on any atom is -0.465 e. The molecule has 1 amide bonds. The van der Waals surface area contributed by atoms with Crippen LogP contribution in [0.2, 0.25) is 5.02 Å². The molecule has 2 aromatic rings. The van der Waals surface area contributed by atoms with E-state index in [0.717, 1.165) is 21.2 Å². The van der Waals surface area contributed by atoms with Crippen molar-refractivity contribution >= 4 is 50.3 Å². The molecule has 0 aliphatic carbocycles. The molecule has 6 nitrogen and oxygen atoms in total. The SMILES string of the molecule is C[C@H]1CN(C(=O)O)C[C@H](C)N1c1ncnc2cc(Br)c(Cl)cc12. The van der Waals surface area contributed by atoms with Crippen LogP contribution in [0.1, 0.15) is 13.8 Å². The molecule has 0 bridgehead atoms. The van der Waals surface area contributed by atoms with E-state index in [-0.39, 0.29) is 12.1 Å². The molecule has 1 fully saturated rings. The van der Waals surface area contributed by atoms with Crippen LogP contribution >= 0.6 is 27.5 Å². The molecule has 1 N–H and O–H groups in total. The van der Waals surface area contributed by atoms with Gasteiger partial charge in [-0.25, -0.2) is 14.8 Å². The van der Waals surface area contributed by atoms with Gasteiger partial charge < -0.3 is 14.9 Å². The van der Waals surface area contributed by atoms with Crippen LogP contribution in [-0.4, -0.2) is 51.2 Å². The topological polar surface area (TPSA) is 69.6 Å². The van der Waals surface area contributed by atoms with Crippen LogP contribution in [0.4, 0.5) is 10.6 Å². The van der Waals surface area contributed by atoms with Gasteiger partial charge in [-0.1, -0.05) is 11.6 Å². The number of rotatable bonds is 1. The number of nitrogens with zero attached hydrogens (tertiary/aromatic N) is 4. The van der Waals surface area contributed by atoms with E-state index in [1.165, 1.54) is 11.2 Å². The molecule has 122 valence electrons. The zero-order chi connectivity index (χ0) is 16.7. The first kappa shape index (κ1) is 16.3. The predicted octanol–water partition coefficient (Wildman–Crippen LogP) is 3.62. The van der Waals surface area contributed by atoms with E-state index in [0.29, 0.717) is 18.1 Å². The Kier molecular flexibility index (Phi) is 4.33. The standard InChI is InChI=1S/C15H16BrClN4O2/c1-8-5-20(15(22)23)6-9(2)21(8)14-10-3-12(17)11(16)4-13(10)18-7-19-14/h3-4,7-9H,5-6H2,1-2H3,(H,22,23)/t8-,9-/m0/s1. The van der Waals surface area contributed by atoms with Crippen molar-refractivity contribution in [2.24, 2.45) is 0 Å². The molecule has 1 saturated heterocycles. The Morgan fingerprint density at radius 1 is 1.30 bits per heavy atom. The highest BCUT2D eigenvalue weighted by atomic mass is 79.9. The van der Waals surface area contributed by atoms with Gasteiger partial charge in [-0.3, -0.25) is 0 Å². The Labute approximate surface area is 147 Å². The van der Waals surface area contributed by atoms with Crippen molar-refractivity contribution in [3.05, 3.63) is 28.0 Å². The molecule has 1 aliphatic rings. The smallest absolute Gasteiger partial charge is 0.407 e. The van der Waals surface area contributed by atoms with E-state index >= 15 is 0 Å². The van der Waals surface area contributed by atoms with Crippen molar-refractivity contribution < 1.29 is 9.90 Å². The number of carbonyl (C=O) groups is 1. The molecule has 2 heterocycles. The van der Waals surface area contributed by atoms with E-state index in [9.17, 15) is 9.90 Å². The molecule has 1 aromatic carbocycles. The summed E-state index contributed by atoms with van der Waals surface area (Å²) in [6.45, 7) is 4.88. The number of piperazine rings is 1. The van der Waals surface area contributed by atoms with Gasteiger partial charge in [0.25, 0.3) is 0 Å². The number of fused-ring (bicyclic) bond motifs is 1. The molecular formula is C15H16BrClN4O2. The highest BCUT2D eigenvalue weighted by molar-refractivity contribution is 9.10. The lowest BCUT2D eigenvalue weighted by molar-refractivity contribution is 0.128. The third kappa shape index (κ3) is 2.95. The van der Waals surface area contributed by atoms with Crippen LogP contribution in [0.3, 0.4) is 0 Å². The van der Waals surface area contributed by atoms with Crippen LogP contribution in [0.25, 0.3) is 10.9 Å². The van der Waals surface area contributed by atoms with Crippen LogP contribution < -0.4 is 4.90 Å². The van der Waals surface area contributed by atoms with Gasteiger partial charge in [0.05, 0.1) is 10.5 Å². The van der Waals surface area contributed by atoms with Crippen molar-refractivity contribution in [3.63, 3.8) is 0 Å². The summed E-state index contributed by atoms with van der Waals surface area (Å²) in [5.41, 5.74) is 0.798. The number of hydrogen-bond donors (Lipinski definition) is 1. The Balaban J connectivity index is 2.06. The monoisotopic (exact) mass is 398 g/mol. The van der Waals surface area contributed by atoms with Crippen molar-refractivity contribution in [2.45, 2.75) is 25.9 Å². The van der Waals surface area contributed by atoms with E-state index < -0.39 is 6.09 Å². The number of hydrogen-bond acceptors (Lipinski definition) is 4. The lowest BCUT2D eigenvalue weighted by atomic mass is 10.1. The van der Waals surface area contributed by atoms with Gasteiger partial charge in [-0.05, 0) is 41.9 Å². The van der Waals surface area contributed by atoms with Gasteiger partial charge in [0.2, 0.25) is 0 Å². The van der Waals surface area contributed by atoms with Crippen molar-refractivity contribution in [2.75, 3.05) is 18.0 Å². The molecule has 3 rings (SSSR count). The Bertz CT molecular complexity index is 760. The molecule has 1 aromatic heterocycles. The van der Waals surface area contributed by atoms with Gasteiger partial charge in [0.1, 0.15) is 12.1 Å². The fourth-order valence-corrected chi connectivity index (χ4v) is 3.63. The van der Waals surface area contributed by atoms with Gasteiger partial charge in [-0.15, -0.1) is 0 Å². The van der Waals surface area contributed by atoms with E-state index in [2.05, 4.69) is 30.8 Å². The second kappa shape index (κ2) is 6.13. The van der Waals surface area contributed by atoms with E-state index in [4.69, 9.17) is 11.6 Å². The third-order valence-corrected chi connectivity index (χ3v) is 5.29. The molecular weight excluding hydrogens is 384 g/mol. The quantitative estimate of drug-likeness (QED) is 0.793. The number of halogens is 2. The first-order chi connectivity index (χ1) is 10.9. The molecule has 0 saturated carbocycles. The fourth-order valence-electron chi connectivity index (χ4n) is 3.14. The van der Waals surface area contributed by atoms with E-state index in [1.807, 2.05) is 26.0 Å². The normalized spacial score (nSPS) is 21.7. The molecule has 1 aliphatic heterocycles. The maximum absolute atomic E-state index is 11.2. The largest absolute Gasteiger partial charge is 0.465 e. The fraction of sp³-hybridized carbons (Fsp3) is 0.400. The number of carboxylic acid groups (broad SMARTS) is 1. The van der Waals surface area contributed by atoms with Crippen LogP contribution in [0.5, 0.6) is 0 Å². The molecule has 0 radical (unpaired) electrons. The van der Waals surface area contributed by atoms with Crippen molar-refractivity contribution in [1.82, 2.24) is 14.9 Å². The first-order valence-electron chi connectivity index (χ1n) is 7.24. The number of amides is 1. The summed E-state index contributed by atoms with van der Waals surface area (Å²) in [5.74, 6) is 0.787. The Morgan fingerprint density at radius 3 is 2.57 bits per heavy atom. The Hall–Kier alpha value is -1.60. The van der Waals surface area contributed by atoms with Crippen LogP contribution in [-0.2, 0) is 0 Å². The third-order valence-electron chi connectivity index (χ3n) is 4.09. The number of anilines is 1. The zero-order valence-corrected chi connectivity index (χ0v) is 15.0. The summed E-state index contributed by atoms with van der Waals surface area (Å²) in [5, 5.41) is 10.7. The highest BCUT2D eigenvalue weighted by Gasteiger charge is 2.33. The second-order valence-electron chi connectivity index (χ2n) is 5.77. The van der Waals surface area contributed by atoms with Gasteiger partial charge >= 0.3 is 6.09 Å². The summed E-state index contributed by atoms with van der Waals surface area (Å²) in [6.07, 6.45) is 0.643. The summed E-state index contributed by atoms with van der Waals surface area (Å²) in [6, 6.07) is 3.73. The predicted molar refractivity (Wildman–Crippen MR) is 93.2 cm³/mol. The first-order valence-corrected chi connectivity index (χ1v) is 8.41. The summed E-state index contributed by atoms with van der Waals surface area (Å²) < 4.78 is 0.785. The molecule has 0 unspecified atom stereocenters. The summed E-state index contributed by atoms with van der Waals surface area (Å²) in [7, 11) is 0. The van der Waals surface area contributed by atoms with E-state index in [1.54, 1.807) is 0 Å². The average Bonchev–Trinajstić information content (AvgIpc) is 2.48. The van der Waals surface area contributed by atoms with Crippen molar-refractivity contribution in [3.8, 4) is 0 Å². The number of benzene rings is 1. The lowest BCUT2D eigenvalue weighted by Gasteiger charge is -2.44. The van der Waals surface area contributed by atoms with Crippen LogP contribution in [0.15, 0.2) is 22.9 Å². The maximum Gasteiger partial charge on any atom is 0.407 e. The lowest BCUT2D eigenvalue weighted by Crippen LogP contribution is -2.58. The average molecular weight is 400 g/mol. The molecule has 2 atom stereocenters. The second-order valence-corrected chi connectivity index (χ2v) is 7.04. The molecule has 23 heavy (non-hydrogen) atoms. The summed E-state index contributed by atoms with van der Waals surface area (Å²) >= 11 is 9.64. The van der Waals surface area contributed by atoms with Gasteiger partial charge in [-0.2, -0.15) is 0 Å². The highest BCUT2D eigenvalue weighted by Crippen LogP contribution is 2.33. The van der Waals surface area contributed by atoms with Crippen LogP contribution in [0, 0.1) is 0 Å². The van der Waals surface area contributed by atoms with Gasteiger partial charge in [0, 0.05) is 35.0 Å². The number of aromatic nitrogens is 2. The van der Waals surface area contributed by atoms with Gasteiger partial charge in [0.15, 0.2) is 0 Å². The summed E-state index contributed by atoms with van der Waals surface area (Å²) in [4.78, 5) is 23.6.